The van der Waals surface area contributed by atoms with Crippen LogP contribution < -0.4 is 10.9 Å². The number of alkyl halides is 2. The van der Waals surface area contributed by atoms with Gasteiger partial charge >= 0.3 is 16.4 Å². The number of nitrogens with one attached hydrogen (secondary N) is 2. The highest BCUT2D eigenvalue weighted by molar-refractivity contribution is 7.80. The van der Waals surface area contributed by atoms with Gasteiger partial charge in [-0.1, -0.05) is 18.2 Å². The number of hydrazine groups is 1. The first kappa shape index (κ1) is 19.9. The van der Waals surface area contributed by atoms with E-state index in [1.54, 1.807) is 18.2 Å². The number of urea groups is 1. The smallest absolute Gasteiger partial charge is 0.308 e. The zero-order valence-corrected chi connectivity index (χ0v) is 14.7. The molecule has 2 unspecified atom stereocenters. The number of carbonyl (C=O) groups excluding carboxylic acids is 3. The molecule has 2 fully saturated rings. The summed E-state index contributed by atoms with van der Waals surface area (Å²) in [6, 6.07) is 2.67. The second-order valence-electron chi connectivity index (χ2n) is 6.07. The molecule has 2 bridgehead atoms. The molecule has 2 heterocycles. The third kappa shape index (κ3) is 3.88. The van der Waals surface area contributed by atoms with Crippen LogP contribution in [0.4, 0.5) is 13.6 Å². The molecule has 4 amide bonds. The highest BCUT2D eigenvalue weighted by atomic mass is 32.3. The van der Waals surface area contributed by atoms with E-state index in [0.717, 1.165) is 0 Å². The van der Waals surface area contributed by atoms with Crippen LogP contribution in [0.2, 0.25) is 0 Å². The maximum absolute atomic E-state index is 14.3. The maximum Gasteiger partial charge on any atom is 0.418 e. The van der Waals surface area contributed by atoms with Gasteiger partial charge in [0.05, 0.1) is 6.54 Å². The Hall–Kier alpha value is -2.84. The lowest BCUT2D eigenvalue weighted by Gasteiger charge is -2.34. The van der Waals surface area contributed by atoms with Crippen LogP contribution in [0.25, 0.3) is 0 Å². The van der Waals surface area contributed by atoms with Gasteiger partial charge in [-0.05, 0) is 12.1 Å². The number of hydroxylamine groups is 2. The highest BCUT2D eigenvalue weighted by Gasteiger charge is 2.62. The Balaban J connectivity index is 1.72. The van der Waals surface area contributed by atoms with Gasteiger partial charge in [-0.25, -0.2) is 13.6 Å². The summed E-state index contributed by atoms with van der Waals surface area (Å²) in [5, 5.41) is -0.175. The van der Waals surface area contributed by atoms with Crippen LogP contribution >= 0.6 is 0 Å². The Morgan fingerprint density at radius 1 is 1.21 bits per heavy atom. The number of hydrogen-bond donors (Lipinski definition) is 3. The molecule has 0 spiro atoms. The Morgan fingerprint density at radius 3 is 2.46 bits per heavy atom. The standard InChI is InChI=1S/C14H14F2N4O7S/c15-14(16)6-9(12(22)18-17-11(21)8-4-2-1-3-5-8)19-7-10(14)20(13(19)23)27-28(24,25)26/h1-5,9-10H,6-7H2,(H,17,21)(H,18,22)(H,24,25,26). The van der Waals surface area contributed by atoms with Crippen molar-refractivity contribution in [1.29, 1.82) is 0 Å². The van der Waals surface area contributed by atoms with Gasteiger partial charge in [-0.2, -0.15) is 13.5 Å². The van der Waals surface area contributed by atoms with Gasteiger partial charge in [0.1, 0.15) is 12.1 Å². The monoisotopic (exact) mass is 420 g/mol. The second-order valence-corrected chi connectivity index (χ2v) is 7.07. The minimum absolute atomic E-state index is 0.175. The number of amides is 4. The molecule has 11 nitrogen and oxygen atoms in total. The molecule has 2 saturated heterocycles. The number of carbonyl (C=O) groups is 3. The molecule has 14 heteroatoms. The fourth-order valence-electron chi connectivity index (χ4n) is 2.95. The van der Waals surface area contributed by atoms with E-state index < -0.39 is 59.2 Å². The molecule has 1 aromatic rings. The molecule has 0 saturated carbocycles. The molecule has 0 aromatic heterocycles. The summed E-state index contributed by atoms with van der Waals surface area (Å²) in [4.78, 5) is 37.0. The van der Waals surface area contributed by atoms with Gasteiger partial charge in [-0.3, -0.25) is 25.0 Å². The van der Waals surface area contributed by atoms with E-state index in [-0.39, 0.29) is 10.6 Å². The highest BCUT2D eigenvalue weighted by Crippen LogP contribution is 2.40. The molecular weight excluding hydrogens is 406 g/mol. The number of rotatable bonds is 4. The summed E-state index contributed by atoms with van der Waals surface area (Å²) in [7, 11) is -5.23. The number of hydrogen-bond acceptors (Lipinski definition) is 6. The van der Waals surface area contributed by atoms with Gasteiger partial charge in [0.2, 0.25) is 0 Å². The molecular formula is C14H14F2N4O7S. The van der Waals surface area contributed by atoms with E-state index in [0.29, 0.717) is 4.90 Å². The SMILES string of the molecule is O=C(NNC(=O)C1CC(F)(F)C2CN1C(=O)N2OS(=O)(=O)O)c1ccccc1. The van der Waals surface area contributed by atoms with E-state index in [1.807, 2.05) is 10.9 Å². The van der Waals surface area contributed by atoms with Crippen LogP contribution in [-0.4, -0.2) is 65.3 Å². The minimum Gasteiger partial charge on any atom is -0.308 e. The van der Waals surface area contributed by atoms with Crippen molar-refractivity contribution in [3.05, 3.63) is 35.9 Å². The summed E-state index contributed by atoms with van der Waals surface area (Å²) >= 11 is 0. The van der Waals surface area contributed by atoms with Crippen molar-refractivity contribution in [3.8, 4) is 0 Å². The molecule has 0 aliphatic carbocycles. The molecule has 1 aromatic carbocycles. The van der Waals surface area contributed by atoms with Crippen molar-refractivity contribution in [2.24, 2.45) is 0 Å². The average Bonchev–Trinajstić information content (AvgIpc) is 2.90. The van der Waals surface area contributed by atoms with E-state index in [9.17, 15) is 31.6 Å². The van der Waals surface area contributed by atoms with E-state index in [2.05, 4.69) is 4.28 Å². The quantitative estimate of drug-likeness (QED) is 0.448. The zero-order chi connectivity index (χ0) is 20.7. The number of benzene rings is 1. The lowest BCUT2D eigenvalue weighted by molar-refractivity contribution is -0.154. The zero-order valence-electron chi connectivity index (χ0n) is 13.9. The maximum atomic E-state index is 14.3. The van der Waals surface area contributed by atoms with Crippen LogP contribution in [0.1, 0.15) is 16.8 Å². The largest absolute Gasteiger partial charge is 0.418 e. The second kappa shape index (κ2) is 6.96. The third-order valence-corrected chi connectivity index (χ3v) is 4.58. The van der Waals surface area contributed by atoms with Crippen molar-refractivity contribution >= 4 is 28.2 Å². The summed E-state index contributed by atoms with van der Waals surface area (Å²) in [5.74, 6) is -5.51. The number of halogens is 2. The van der Waals surface area contributed by atoms with Crippen molar-refractivity contribution < 1.29 is 40.4 Å². The van der Waals surface area contributed by atoms with Gasteiger partial charge in [-0.15, -0.1) is 4.28 Å². The normalized spacial score (nSPS) is 23.5. The average molecular weight is 420 g/mol. The van der Waals surface area contributed by atoms with Crippen molar-refractivity contribution in [3.63, 3.8) is 0 Å². The summed E-state index contributed by atoms with van der Waals surface area (Å²) in [6.45, 7) is -0.716. The lowest BCUT2D eigenvalue weighted by atomic mass is 9.96. The summed E-state index contributed by atoms with van der Waals surface area (Å²) < 4.78 is 62.9. The molecule has 3 rings (SSSR count). The van der Waals surface area contributed by atoms with Gasteiger partial charge < -0.3 is 4.90 Å². The first-order valence-corrected chi connectivity index (χ1v) is 9.16. The van der Waals surface area contributed by atoms with Crippen LogP contribution in [0.3, 0.4) is 0 Å². The lowest BCUT2D eigenvalue weighted by Crippen LogP contribution is -2.58. The summed E-state index contributed by atoms with van der Waals surface area (Å²) in [5.41, 5.74) is 4.20. The van der Waals surface area contributed by atoms with Crippen LogP contribution in [0.5, 0.6) is 0 Å². The van der Waals surface area contributed by atoms with Crippen molar-refractivity contribution in [2.45, 2.75) is 24.4 Å². The number of fused-ring (bicyclic) bond motifs is 2. The minimum atomic E-state index is -5.23. The van der Waals surface area contributed by atoms with Gasteiger partial charge in [0.25, 0.3) is 17.7 Å². The van der Waals surface area contributed by atoms with Crippen molar-refractivity contribution in [1.82, 2.24) is 20.8 Å². The third-order valence-electron chi connectivity index (χ3n) is 4.23. The van der Waals surface area contributed by atoms with Gasteiger partial charge in [0, 0.05) is 12.0 Å². The molecule has 2 aliphatic heterocycles. The topological polar surface area (TPSA) is 145 Å². The molecule has 0 radical (unpaired) electrons. The van der Waals surface area contributed by atoms with E-state index in [1.165, 1.54) is 12.1 Å². The molecule has 3 N–H and O–H groups in total. The fourth-order valence-corrected chi connectivity index (χ4v) is 3.32. The predicted molar refractivity (Wildman–Crippen MR) is 85.8 cm³/mol. The summed E-state index contributed by atoms with van der Waals surface area (Å²) in [6.07, 6.45) is -1.14. The first-order valence-electron chi connectivity index (χ1n) is 7.79. The molecule has 2 atom stereocenters. The Morgan fingerprint density at radius 2 is 1.86 bits per heavy atom. The van der Waals surface area contributed by atoms with Crippen LogP contribution in [0.15, 0.2) is 30.3 Å². The molecule has 152 valence electrons. The number of nitrogens with zero attached hydrogens (tertiary/aromatic N) is 2. The fraction of sp³-hybridized carbons (Fsp3) is 0.357. The molecule has 2 aliphatic rings. The van der Waals surface area contributed by atoms with E-state index >= 15 is 0 Å². The first-order chi connectivity index (χ1) is 13.0. The Kier molecular flexibility index (Phi) is 4.95. The molecule has 28 heavy (non-hydrogen) atoms. The van der Waals surface area contributed by atoms with Crippen LogP contribution in [-0.2, 0) is 19.5 Å². The van der Waals surface area contributed by atoms with Crippen molar-refractivity contribution in [2.75, 3.05) is 6.54 Å². The Labute approximate surface area is 157 Å². The number of piperidine rings is 1. The van der Waals surface area contributed by atoms with Gasteiger partial charge in [0.15, 0.2) is 0 Å². The van der Waals surface area contributed by atoms with E-state index in [4.69, 9.17) is 4.55 Å². The van der Waals surface area contributed by atoms with Crippen LogP contribution in [0, 0.1) is 0 Å². The predicted octanol–water partition coefficient (Wildman–Crippen LogP) is -0.304. The Bertz CT molecular complexity index is 912.